The lowest BCUT2D eigenvalue weighted by Gasteiger charge is -2.35. The molecule has 116 valence electrons. The molecule has 0 radical (unpaired) electrons. The van der Waals surface area contributed by atoms with Gasteiger partial charge in [0.15, 0.2) is 0 Å². The number of hydrogen-bond donors (Lipinski definition) is 1. The van der Waals surface area contributed by atoms with Crippen molar-refractivity contribution in [3.05, 3.63) is 46.2 Å². The van der Waals surface area contributed by atoms with Gasteiger partial charge in [-0.2, -0.15) is 0 Å². The molecule has 1 aromatic carbocycles. The molecule has 2 unspecified atom stereocenters. The fourth-order valence-electron chi connectivity index (χ4n) is 2.98. The Hall–Kier alpha value is -2.14. The molecule has 1 fully saturated rings. The number of aromatic amines is 1. The summed E-state index contributed by atoms with van der Waals surface area (Å²) in [6.07, 6.45) is 0.185. The molecule has 5 nitrogen and oxygen atoms in total. The van der Waals surface area contributed by atoms with E-state index in [1.165, 1.54) is 0 Å². The van der Waals surface area contributed by atoms with Crippen molar-refractivity contribution >= 4 is 16.8 Å². The zero-order valence-corrected chi connectivity index (χ0v) is 12.8. The monoisotopic (exact) mass is 300 g/mol. The number of nitrogens with zero attached hydrogens (tertiary/aromatic N) is 1. The van der Waals surface area contributed by atoms with Crippen molar-refractivity contribution in [3.63, 3.8) is 0 Å². The van der Waals surface area contributed by atoms with Crippen LogP contribution in [-0.4, -0.2) is 41.1 Å². The predicted octanol–water partition coefficient (Wildman–Crippen LogP) is 1.71. The Bertz CT molecular complexity index is 743. The van der Waals surface area contributed by atoms with Gasteiger partial charge in [-0.1, -0.05) is 18.2 Å². The number of fused-ring (bicyclic) bond motifs is 1. The Morgan fingerprint density at radius 1 is 1.27 bits per heavy atom. The van der Waals surface area contributed by atoms with Crippen LogP contribution in [0.1, 0.15) is 19.4 Å². The molecule has 1 aliphatic heterocycles. The maximum absolute atomic E-state index is 12.5. The van der Waals surface area contributed by atoms with E-state index in [1.807, 2.05) is 38.1 Å². The van der Waals surface area contributed by atoms with Crippen LogP contribution in [-0.2, 0) is 16.0 Å². The molecule has 0 spiro atoms. The van der Waals surface area contributed by atoms with Gasteiger partial charge >= 0.3 is 0 Å². The normalized spacial score (nSPS) is 22.0. The summed E-state index contributed by atoms with van der Waals surface area (Å²) < 4.78 is 5.64. The van der Waals surface area contributed by atoms with E-state index in [9.17, 15) is 9.59 Å². The van der Waals surface area contributed by atoms with Crippen LogP contribution in [0.5, 0.6) is 0 Å². The van der Waals surface area contributed by atoms with E-state index in [0.717, 1.165) is 10.9 Å². The summed E-state index contributed by atoms with van der Waals surface area (Å²) in [7, 11) is 0. The van der Waals surface area contributed by atoms with E-state index in [1.54, 1.807) is 11.0 Å². The molecule has 1 saturated heterocycles. The second kappa shape index (κ2) is 5.93. The minimum atomic E-state index is -0.193. The lowest BCUT2D eigenvalue weighted by molar-refractivity contribution is -0.142. The molecule has 3 rings (SSSR count). The fourth-order valence-corrected chi connectivity index (χ4v) is 2.98. The number of para-hydroxylation sites is 1. The van der Waals surface area contributed by atoms with Gasteiger partial charge in [0, 0.05) is 24.2 Å². The van der Waals surface area contributed by atoms with Gasteiger partial charge in [-0.05, 0) is 31.4 Å². The number of ether oxygens (including phenoxy) is 1. The zero-order chi connectivity index (χ0) is 15.7. The third-order valence-electron chi connectivity index (χ3n) is 3.94. The number of rotatable bonds is 2. The van der Waals surface area contributed by atoms with Crippen LogP contribution in [0, 0.1) is 0 Å². The Kier molecular flexibility index (Phi) is 3.98. The second-order valence-electron chi connectivity index (χ2n) is 5.94. The molecule has 1 aromatic heterocycles. The average Bonchev–Trinajstić information content (AvgIpc) is 2.47. The summed E-state index contributed by atoms with van der Waals surface area (Å²) in [5, 5.41) is 0.939. The van der Waals surface area contributed by atoms with Gasteiger partial charge in [0.2, 0.25) is 5.91 Å². The minimum absolute atomic E-state index is 0.0252. The van der Waals surface area contributed by atoms with E-state index in [-0.39, 0.29) is 30.1 Å². The van der Waals surface area contributed by atoms with E-state index >= 15 is 0 Å². The summed E-state index contributed by atoms with van der Waals surface area (Å²) in [5.41, 5.74) is 1.11. The number of pyridine rings is 1. The molecule has 5 heteroatoms. The maximum atomic E-state index is 12.5. The summed E-state index contributed by atoms with van der Waals surface area (Å²) in [4.78, 5) is 29.2. The zero-order valence-electron chi connectivity index (χ0n) is 12.8. The van der Waals surface area contributed by atoms with Crippen LogP contribution in [0.2, 0.25) is 0 Å². The van der Waals surface area contributed by atoms with Crippen LogP contribution in [0.15, 0.2) is 35.1 Å². The van der Waals surface area contributed by atoms with Gasteiger partial charge in [-0.15, -0.1) is 0 Å². The molecule has 22 heavy (non-hydrogen) atoms. The summed E-state index contributed by atoms with van der Waals surface area (Å²) >= 11 is 0. The van der Waals surface area contributed by atoms with Gasteiger partial charge in [0.1, 0.15) is 0 Å². The van der Waals surface area contributed by atoms with Crippen LogP contribution < -0.4 is 5.56 Å². The molecule has 2 atom stereocenters. The number of hydrogen-bond acceptors (Lipinski definition) is 3. The predicted molar refractivity (Wildman–Crippen MR) is 84.9 cm³/mol. The first-order valence-corrected chi connectivity index (χ1v) is 7.57. The second-order valence-corrected chi connectivity index (χ2v) is 5.94. The first kappa shape index (κ1) is 14.8. The fraction of sp³-hybridized carbons (Fsp3) is 0.412. The Labute approximate surface area is 128 Å². The topological polar surface area (TPSA) is 62.4 Å². The van der Waals surface area contributed by atoms with Gasteiger partial charge in [-0.3, -0.25) is 9.59 Å². The third-order valence-corrected chi connectivity index (χ3v) is 3.94. The van der Waals surface area contributed by atoms with Gasteiger partial charge in [-0.25, -0.2) is 0 Å². The number of carbonyl (C=O) groups excluding carboxylic acids is 1. The standard InChI is InChI=1S/C17H20N2O3/c1-11-9-19(10-12(2)22-11)16(20)8-14-7-13-5-3-4-6-15(13)18-17(14)21/h3-7,11-12H,8-10H2,1-2H3,(H,18,21). The van der Waals surface area contributed by atoms with E-state index in [2.05, 4.69) is 4.98 Å². The van der Waals surface area contributed by atoms with E-state index in [4.69, 9.17) is 4.74 Å². The highest BCUT2D eigenvalue weighted by Crippen LogP contribution is 2.14. The number of H-pyrrole nitrogens is 1. The molecular formula is C17H20N2O3. The number of benzene rings is 1. The summed E-state index contributed by atoms with van der Waals surface area (Å²) in [6.45, 7) is 5.07. The average molecular weight is 300 g/mol. The van der Waals surface area contributed by atoms with Crippen LogP contribution in [0.25, 0.3) is 10.9 Å². The molecule has 1 N–H and O–H groups in total. The van der Waals surface area contributed by atoms with Crippen molar-refractivity contribution in [2.75, 3.05) is 13.1 Å². The maximum Gasteiger partial charge on any atom is 0.252 e. The van der Waals surface area contributed by atoms with E-state index in [0.29, 0.717) is 18.7 Å². The van der Waals surface area contributed by atoms with Gasteiger partial charge in [0.05, 0.1) is 18.6 Å². The molecule has 0 bridgehead atoms. The number of nitrogens with one attached hydrogen (secondary N) is 1. The van der Waals surface area contributed by atoms with Crippen molar-refractivity contribution in [1.29, 1.82) is 0 Å². The van der Waals surface area contributed by atoms with Gasteiger partial charge < -0.3 is 14.6 Å². The molecule has 2 heterocycles. The van der Waals surface area contributed by atoms with Crippen molar-refractivity contribution < 1.29 is 9.53 Å². The molecular weight excluding hydrogens is 280 g/mol. The summed E-state index contributed by atoms with van der Waals surface area (Å²) in [6, 6.07) is 9.38. The smallest absolute Gasteiger partial charge is 0.252 e. The first-order valence-electron chi connectivity index (χ1n) is 7.57. The quantitative estimate of drug-likeness (QED) is 0.918. The number of carbonyl (C=O) groups is 1. The molecule has 1 amide bonds. The van der Waals surface area contributed by atoms with E-state index < -0.39 is 0 Å². The van der Waals surface area contributed by atoms with Crippen LogP contribution in [0.3, 0.4) is 0 Å². The van der Waals surface area contributed by atoms with Crippen LogP contribution in [0.4, 0.5) is 0 Å². The molecule has 1 aliphatic rings. The van der Waals surface area contributed by atoms with Gasteiger partial charge in [0.25, 0.3) is 5.56 Å². The Morgan fingerprint density at radius 3 is 2.68 bits per heavy atom. The van der Waals surface area contributed by atoms with Crippen molar-refractivity contribution in [3.8, 4) is 0 Å². The lowest BCUT2D eigenvalue weighted by atomic mass is 10.1. The Balaban J connectivity index is 1.82. The molecule has 0 saturated carbocycles. The Morgan fingerprint density at radius 2 is 1.95 bits per heavy atom. The third kappa shape index (κ3) is 3.04. The van der Waals surface area contributed by atoms with Crippen molar-refractivity contribution in [2.45, 2.75) is 32.5 Å². The largest absolute Gasteiger partial charge is 0.372 e. The number of morpholine rings is 1. The molecule has 2 aromatic rings. The first-order chi connectivity index (χ1) is 10.5. The van der Waals surface area contributed by atoms with Crippen molar-refractivity contribution in [2.24, 2.45) is 0 Å². The minimum Gasteiger partial charge on any atom is -0.372 e. The lowest BCUT2D eigenvalue weighted by Crippen LogP contribution is -2.48. The number of amides is 1. The number of aromatic nitrogens is 1. The SMILES string of the molecule is CC1CN(C(=O)Cc2cc3ccccc3[nH]c2=O)CC(C)O1. The van der Waals surface area contributed by atoms with Crippen LogP contribution >= 0.6 is 0 Å². The summed E-state index contributed by atoms with van der Waals surface area (Å²) in [5.74, 6) is -0.0252. The van der Waals surface area contributed by atoms with Crippen molar-refractivity contribution in [1.82, 2.24) is 9.88 Å². The highest BCUT2D eigenvalue weighted by molar-refractivity contribution is 5.82. The molecule has 0 aliphatic carbocycles. The highest BCUT2D eigenvalue weighted by Gasteiger charge is 2.26. The highest BCUT2D eigenvalue weighted by atomic mass is 16.5.